The number of anilines is 3. The Morgan fingerprint density at radius 3 is 1.62 bits per heavy atom. The van der Waals surface area contributed by atoms with Crippen LogP contribution in [0.1, 0.15) is 93.8 Å². The first-order valence-electron chi connectivity index (χ1n) is 28.2. The molecule has 2 aliphatic carbocycles. The van der Waals surface area contributed by atoms with Gasteiger partial charge in [-0.2, -0.15) is 0 Å². The normalized spacial score (nSPS) is 13.2. The number of hydrogen-bond donors (Lipinski definition) is 0. The molecule has 0 saturated heterocycles. The third-order valence-electron chi connectivity index (χ3n) is 16.9. The van der Waals surface area contributed by atoms with E-state index in [1.54, 1.807) is 0 Å². The quantitative estimate of drug-likeness (QED) is 0.166. The van der Waals surface area contributed by atoms with Crippen molar-refractivity contribution < 1.29 is 8.83 Å². The molecule has 0 saturated carbocycles. The summed E-state index contributed by atoms with van der Waals surface area (Å²) in [5.41, 5.74) is 24.2. The lowest BCUT2D eigenvalue weighted by atomic mass is 9.67. The van der Waals surface area contributed by atoms with Crippen LogP contribution in [0.2, 0.25) is 0 Å². The van der Waals surface area contributed by atoms with E-state index >= 15 is 0 Å². The van der Waals surface area contributed by atoms with Gasteiger partial charge in [-0.1, -0.05) is 207 Å². The molecular formula is C76H65NO2. The molecule has 0 unspecified atom stereocenters. The van der Waals surface area contributed by atoms with Crippen molar-refractivity contribution in [3.8, 4) is 11.1 Å². The highest BCUT2D eigenvalue weighted by Crippen LogP contribution is 2.60. The Kier molecular flexibility index (Phi) is 12.9. The van der Waals surface area contributed by atoms with Gasteiger partial charge in [-0.15, -0.1) is 0 Å². The Bertz CT molecular complexity index is 4360. The van der Waals surface area contributed by atoms with Crippen LogP contribution < -0.4 is 4.90 Å². The standard InChI is InChI=1S/C52H39NO.C15H14O.C9H12/c1-34-27-30-42-44(31-34)52(37-17-4-2-5-18-37,38-19-6-3-7-20-38)45-33-47(40-21-10-11-22-41(40)50(42)45)53(39-29-28-35-15-8-9-16-36(35)32-39)46-24-14-26-49-51(46)43-23-12-13-25-48(43)54-49;1-10(2)11-7-5-9-14-15(11)12-6-3-4-8-13(12)16-14;1-7-4-5-8(2)9(3)6-7/h2-7,10-14,17-33H,8-9,15-16H2,1H3;3-10H,1-2H3;4-6H,1-3H3. The molecule has 0 aliphatic heterocycles. The van der Waals surface area contributed by atoms with Gasteiger partial charge in [0.1, 0.15) is 22.3 Å². The molecule has 3 heteroatoms. The minimum Gasteiger partial charge on any atom is -0.456 e. The van der Waals surface area contributed by atoms with E-state index in [2.05, 4.69) is 259 Å². The van der Waals surface area contributed by atoms with Crippen LogP contribution in [0.4, 0.5) is 17.1 Å². The summed E-state index contributed by atoms with van der Waals surface area (Å²) in [4.78, 5) is 2.54. The van der Waals surface area contributed by atoms with Crippen molar-refractivity contribution in [2.45, 2.75) is 78.6 Å². The second-order valence-corrected chi connectivity index (χ2v) is 22.2. The van der Waals surface area contributed by atoms with Gasteiger partial charge in [0.25, 0.3) is 0 Å². The Labute approximate surface area is 464 Å². The molecule has 3 nitrogen and oxygen atoms in total. The SMILES string of the molecule is CC(C)c1cccc2oc3ccccc3c12.Cc1ccc(C)c(C)c1.Cc1ccc2c(c1)C(c1ccccc1)(c1ccccc1)c1cc(N(c3ccc4c(c3)CCCC4)c3cccc4oc5ccccc5c34)c3ccccc3c1-2. The Balaban J connectivity index is 0.000000193. The lowest BCUT2D eigenvalue weighted by Crippen LogP contribution is -2.29. The van der Waals surface area contributed by atoms with E-state index in [9.17, 15) is 0 Å². The molecule has 2 aliphatic rings. The van der Waals surface area contributed by atoms with E-state index in [4.69, 9.17) is 8.83 Å². The first-order chi connectivity index (χ1) is 38.7. The highest BCUT2D eigenvalue weighted by Gasteiger charge is 2.47. The molecule has 0 N–H and O–H groups in total. The lowest BCUT2D eigenvalue weighted by Gasteiger charge is -2.35. The van der Waals surface area contributed by atoms with Gasteiger partial charge in [0, 0.05) is 27.2 Å². The maximum absolute atomic E-state index is 6.54. The first kappa shape index (κ1) is 49.6. The van der Waals surface area contributed by atoms with Crippen molar-refractivity contribution >= 4 is 71.7 Å². The summed E-state index contributed by atoms with van der Waals surface area (Å²) in [5, 5.41) is 7.24. The second-order valence-electron chi connectivity index (χ2n) is 22.2. The van der Waals surface area contributed by atoms with Crippen LogP contribution in [-0.2, 0) is 18.3 Å². The van der Waals surface area contributed by atoms with Crippen LogP contribution in [0.3, 0.4) is 0 Å². The third-order valence-corrected chi connectivity index (χ3v) is 16.9. The summed E-state index contributed by atoms with van der Waals surface area (Å²) < 4.78 is 12.4. The summed E-state index contributed by atoms with van der Waals surface area (Å²) >= 11 is 0. The van der Waals surface area contributed by atoms with Gasteiger partial charge in [-0.05, 0) is 174 Å². The van der Waals surface area contributed by atoms with Crippen LogP contribution in [0.15, 0.2) is 239 Å². The number of rotatable bonds is 6. The van der Waals surface area contributed by atoms with Crippen molar-refractivity contribution in [2.24, 2.45) is 0 Å². The molecule has 2 aromatic heterocycles. The average molecular weight is 1020 g/mol. The van der Waals surface area contributed by atoms with Gasteiger partial charge in [0.05, 0.1) is 22.2 Å². The zero-order chi connectivity index (χ0) is 53.8. The van der Waals surface area contributed by atoms with Crippen LogP contribution in [0, 0.1) is 27.7 Å². The molecular weight excluding hydrogens is 959 g/mol. The fourth-order valence-electron chi connectivity index (χ4n) is 13.0. The number of aryl methyl sites for hydroxylation is 6. The number of benzene rings is 11. The minimum absolute atomic E-state index is 0.518. The number of fused-ring (bicyclic) bond motifs is 12. The summed E-state index contributed by atoms with van der Waals surface area (Å²) in [7, 11) is 0. The van der Waals surface area contributed by atoms with E-state index < -0.39 is 5.41 Å². The Morgan fingerprint density at radius 1 is 0.405 bits per heavy atom. The van der Waals surface area contributed by atoms with Gasteiger partial charge >= 0.3 is 0 Å². The van der Waals surface area contributed by atoms with Crippen molar-refractivity contribution in [2.75, 3.05) is 4.90 Å². The summed E-state index contributed by atoms with van der Waals surface area (Å²) in [6.45, 7) is 13.1. The van der Waals surface area contributed by atoms with Crippen molar-refractivity contribution in [3.63, 3.8) is 0 Å². The van der Waals surface area contributed by atoms with Crippen LogP contribution >= 0.6 is 0 Å². The molecule has 0 fully saturated rings. The maximum atomic E-state index is 6.54. The smallest absolute Gasteiger partial charge is 0.137 e. The maximum Gasteiger partial charge on any atom is 0.137 e. The average Bonchev–Trinajstić information content (AvgIpc) is 3.24. The molecule has 0 atom stereocenters. The predicted molar refractivity (Wildman–Crippen MR) is 333 cm³/mol. The van der Waals surface area contributed by atoms with E-state index in [1.165, 1.54) is 118 Å². The molecule has 79 heavy (non-hydrogen) atoms. The first-order valence-corrected chi connectivity index (χ1v) is 28.2. The molecule has 11 aromatic carbocycles. The number of hydrogen-bond acceptors (Lipinski definition) is 3. The molecule has 386 valence electrons. The minimum atomic E-state index is -0.534. The van der Waals surface area contributed by atoms with Gasteiger partial charge in [-0.3, -0.25) is 0 Å². The third kappa shape index (κ3) is 8.60. The monoisotopic (exact) mass is 1020 g/mol. The van der Waals surface area contributed by atoms with Crippen molar-refractivity contribution in [3.05, 3.63) is 292 Å². The topological polar surface area (TPSA) is 29.5 Å². The van der Waals surface area contributed by atoms with E-state index in [1.807, 2.05) is 18.2 Å². The fourth-order valence-corrected chi connectivity index (χ4v) is 13.0. The van der Waals surface area contributed by atoms with E-state index in [-0.39, 0.29) is 0 Å². The Morgan fingerprint density at radius 2 is 0.962 bits per heavy atom. The van der Waals surface area contributed by atoms with Crippen LogP contribution in [0.5, 0.6) is 0 Å². The summed E-state index contributed by atoms with van der Waals surface area (Å²) in [5.74, 6) is 0.518. The summed E-state index contributed by atoms with van der Waals surface area (Å²) in [6.07, 6.45) is 4.75. The molecule has 13 aromatic rings. The van der Waals surface area contributed by atoms with Gasteiger partial charge in [0.15, 0.2) is 0 Å². The molecule has 0 spiro atoms. The van der Waals surface area contributed by atoms with Crippen LogP contribution in [0.25, 0.3) is 65.8 Å². The highest BCUT2D eigenvalue weighted by molar-refractivity contribution is 6.17. The van der Waals surface area contributed by atoms with E-state index in [0.717, 1.165) is 51.6 Å². The number of para-hydroxylation sites is 2. The Hall–Kier alpha value is -8.92. The van der Waals surface area contributed by atoms with Crippen molar-refractivity contribution in [1.29, 1.82) is 0 Å². The van der Waals surface area contributed by atoms with Crippen LogP contribution in [-0.4, -0.2) is 0 Å². The number of nitrogens with zero attached hydrogens (tertiary/aromatic N) is 1. The molecule has 2 heterocycles. The van der Waals surface area contributed by atoms with Gasteiger partial charge in [0.2, 0.25) is 0 Å². The second kappa shape index (κ2) is 20.5. The van der Waals surface area contributed by atoms with Gasteiger partial charge in [-0.25, -0.2) is 0 Å². The molecule has 0 radical (unpaired) electrons. The molecule has 0 amide bonds. The molecule has 0 bridgehead atoms. The van der Waals surface area contributed by atoms with E-state index in [0.29, 0.717) is 5.92 Å². The zero-order valence-electron chi connectivity index (χ0n) is 46.1. The predicted octanol–water partition coefficient (Wildman–Crippen LogP) is 21.1. The van der Waals surface area contributed by atoms with Crippen molar-refractivity contribution in [1.82, 2.24) is 0 Å². The summed E-state index contributed by atoms with van der Waals surface area (Å²) in [6, 6.07) is 84.3. The van der Waals surface area contributed by atoms with Gasteiger partial charge < -0.3 is 13.7 Å². The lowest BCUT2D eigenvalue weighted by molar-refractivity contribution is 0.668. The highest BCUT2D eigenvalue weighted by atomic mass is 16.3. The fraction of sp³-hybridized carbons (Fsp3) is 0.158. The largest absolute Gasteiger partial charge is 0.456 e. The zero-order valence-corrected chi connectivity index (χ0v) is 46.1. The number of furan rings is 2. The molecule has 15 rings (SSSR count).